The summed E-state index contributed by atoms with van der Waals surface area (Å²) in [6.07, 6.45) is 1.00. The summed E-state index contributed by atoms with van der Waals surface area (Å²) in [5, 5.41) is 11.9. The Bertz CT molecular complexity index is 1190. The number of anilines is 2. The molecule has 0 radical (unpaired) electrons. The number of aliphatic hydroxyl groups excluding tert-OH is 1. The molecule has 13 heteroatoms. The van der Waals surface area contributed by atoms with E-state index in [4.69, 9.17) is 23.2 Å². The Balaban J connectivity index is 1.64. The van der Waals surface area contributed by atoms with Gasteiger partial charge in [-0.2, -0.15) is 0 Å². The van der Waals surface area contributed by atoms with Crippen molar-refractivity contribution in [2.75, 3.05) is 23.3 Å². The molecule has 8 nitrogen and oxygen atoms in total. The Morgan fingerprint density at radius 2 is 1.82 bits per heavy atom. The molecule has 0 spiro atoms. The molecule has 0 saturated carbocycles. The molecule has 1 aliphatic rings. The van der Waals surface area contributed by atoms with Crippen molar-refractivity contribution >= 4 is 40.6 Å². The smallest absolute Gasteiger partial charge is 0.406 e. The third kappa shape index (κ3) is 5.49. The second-order valence-electron chi connectivity index (χ2n) is 7.37. The number of alkyl halides is 3. The van der Waals surface area contributed by atoms with E-state index in [1.807, 2.05) is 4.90 Å². The molecule has 34 heavy (non-hydrogen) atoms. The van der Waals surface area contributed by atoms with Crippen molar-refractivity contribution in [2.45, 2.75) is 18.9 Å². The zero-order valence-corrected chi connectivity index (χ0v) is 18.7. The number of aromatic nitrogens is 3. The summed E-state index contributed by atoms with van der Waals surface area (Å²) in [6.45, 7) is 0.967. The SMILES string of the molecule is O=C(Nc1c(Cl)cc(OC(F)(F)F)cc1Cl)c1cnc(N2CC[C@@H](O)C2)c(-c2cncnc2)c1. The standard InChI is InChI=1S/C21H16Cl2F3N5O3/c22-16-4-14(34-21(24,25)26)5-17(23)18(16)30-20(33)11-3-15(12-6-27-10-28-7-12)19(29-8-11)31-2-1-13(32)9-31/h3-8,10,13,32H,1-2,9H2,(H,30,33)/t13-/m1/s1. The van der Waals surface area contributed by atoms with E-state index in [-0.39, 0.29) is 21.3 Å². The maximum Gasteiger partial charge on any atom is 0.573 e. The molecule has 0 bridgehead atoms. The Kier molecular flexibility index (Phi) is 6.78. The van der Waals surface area contributed by atoms with E-state index in [0.717, 1.165) is 12.1 Å². The van der Waals surface area contributed by atoms with Gasteiger partial charge in [0.25, 0.3) is 5.91 Å². The minimum Gasteiger partial charge on any atom is -0.406 e. The van der Waals surface area contributed by atoms with Crippen LogP contribution in [0.1, 0.15) is 16.8 Å². The third-order valence-corrected chi connectivity index (χ3v) is 5.55. The maximum atomic E-state index is 12.9. The topological polar surface area (TPSA) is 100 Å². The molecular weight excluding hydrogens is 498 g/mol. The van der Waals surface area contributed by atoms with Crippen molar-refractivity contribution in [2.24, 2.45) is 0 Å². The molecule has 2 aromatic heterocycles. The Labute approximate surface area is 201 Å². The third-order valence-electron chi connectivity index (χ3n) is 4.95. The molecule has 1 fully saturated rings. The molecule has 1 amide bonds. The molecule has 1 atom stereocenters. The van der Waals surface area contributed by atoms with E-state index < -0.39 is 24.1 Å². The molecule has 3 heterocycles. The van der Waals surface area contributed by atoms with Gasteiger partial charge in [-0.1, -0.05) is 23.2 Å². The van der Waals surface area contributed by atoms with Gasteiger partial charge in [-0.25, -0.2) is 15.0 Å². The number of rotatable bonds is 5. The Morgan fingerprint density at radius 3 is 2.41 bits per heavy atom. The highest BCUT2D eigenvalue weighted by Gasteiger charge is 2.32. The highest BCUT2D eigenvalue weighted by Crippen LogP contribution is 2.37. The lowest BCUT2D eigenvalue weighted by Crippen LogP contribution is -2.23. The van der Waals surface area contributed by atoms with Crippen molar-refractivity contribution < 1.29 is 27.8 Å². The summed E-state index contributed by atoms with van der Waals surface area (Å²) in [4.78, 5) is 27.3. The molecule has 0 aliphatic carbocycles. The van der Waals surface area contributed by atoms with Crippen LogP contribution in [0.25, 0.3) is 11.1 Å². The molecule has 3 aromatic rings. The van der Waals surface area contributed by atoms with Crippen LogP contribution >= 0.6 is 23.2 Å². The molecule has 0 unspecified atom stereocenters. The number of β-amino-alcohol motifs (C(OH)–C–C–N with tert-alkyl or cyclic N) is 1. The minimum absolute atomic E-state index is 0.0841. The Hall–Kier alpha value is -3.15. The van der Waals surface area contributed by atoms with E-state index in [9.17, 15) is 23.1 Å². The van der Waals surface area contributed by atoms with Gasteiger partial charge in [0.05, 0.1) is 27.4 Å². The van der Waals surface area contributed by atoms with Crippen LogP contribution < -0.4 is 15.0 Å². The van der Waals surface area contributed by atoms with E-state index in [0.29, 0.717) is 36.5 Å². The molecular formula is C21H16Cl2F3N5O3. The average Bonchev–Trinajstić information content (AvgIpc) is 3.21. The van der Waals surface area contributed by atoms with Crippen LogP contribution in [0, 0.1) is 0 Å². The van der Waals surface area contributed by atoms with Gasteiger partial charge in [-0.3, -0.25) is 4.79 Å². The first-order valence-electron chi connectivity index (χ1n) is 9.85. The summed E-state index contributed by atoms with van der Waals surface area (Å²) in [5.41, 5.74) is 1.21. The molecule has 1 aliphatic heterocycles. The maximum absolute atomic E-state index is 12.9. The van der Waals surface area contributed by atoms with Crippen LogP contribution in [0.3, 0.4) is 0 Å². The first-order chi connectivity index (χ1) is 16.1. The van der Waals surface area contributed by atoms with E-state index in [2.05, 4.69) is 25.0 Å². The molecule has 1 saturated heterocycles. The number of pyridine rings is 1. The van der Waals surface area contributed by atoms with Crippen LogP contribution in [0.2, 0.25) is 10.0 Å². The first-order valence-corrected chi connectivity index (χ1v) is 10.6. The summed E-state index contributed by atoms with van der Waals surface area (Å²) in [5.74, 6) is -0.717. The molecule has 2 N–H and O–H groups in total. The fourth-order valence-electron chi connectivity index (χ4n) is 3.47. The van der Waals surface area contributed by atoms with Crippen LogP contribution in [-0.2, 0) is 0 Å². The highest BCUT2D eigenvalue weighted by molar-refractivity contribution is 6.40. The zero-order chi connectivity index (χ0) is 24.5. The largest absolute Gasteiger partial charge is 0.573 e. The number of halogens is 5. The molecule has 178 valence electrons. The van der Waals surface area contributed by atoms with E-state index >= 15 is 0 Å². The Morgan fingerprint density at radius 1 is 1.15 bits per heavy atom. The number of nitrogens with one attached hydrogen (secondary N) is 1. The van der Waals surface area contributed by atoms with Crippen molar-refractivity contribution in [3.05, 3.63) is 58.7 Å². The van der Waals surface area contributed by atoms with Gasteiger partial charge in [0.2, 0.25) is 0 Å². The highest BCUT2D eigenvalue weighted by atomic mass is 35.5. The fraction of sp³-hybridized carbons (Fsp3) is 0.238. The number of carbonyl (C=O) groups is 1. The van der Waals surface area contributed by atoms with Gasteiger partial charge in [0.15, 0.2) is 0 Å². The quantitative estimate of drug-likeness (QED) is 0.515. The summed E-state index contributed by atoms with van der Waals surface area (Å²) in [6, 6.07) is 3.36. The minimum atomic E-state index is -4.92. The monoisotopic (exact) mass is 513 g/mol. The van der Waals surface area contributed by atoms with Gasteiger partial charge in [0, 0.05) is 54.9 Å². The van der Waals surface area contributed by atoms with Gasteiger partial charge < -0.3 is 20.1 Å². The van der Waals surface area contributed by atoms with Crippen molar-refractivity contribution in [3.63, 3.8) is 0 Å². The first kappa shape index (κ1) is 24.0. The van der Waals surface area contributed by atoms with E-state index in [1.54, 1.807) is 18.5 Å². The normalized spacial score (nSPS) is 15.9. The fourth-order valence-corrected chi connectivity index (χ4v) is 4.03. The number of amides is 1. The summed E-state index contributed by atoms with van der Waals surface area (Å²) >= 11 is 12.1. The predicted octanol–water partition coefficient (Wildman–Crippen LogP) is 4.57. The van der Waals surface area contributed by atoms with Crippen molar-refractivity contribution in [1.82, 2.24) is 15.0 Å². The second kappa shape index (κ2) is 9.61. The van der Waals surface area contributed by atoms with Crippen molar-refractivity contribution in [1.29, 1.82) is 0 Å². The van der Waals surface area contributed by atoms with Gasteiger partial charge in [0.1, 0.15) is 17.9 Å². The lowest BCUT2D eigenvalue weighted by atomic mass is 10.1. The number of nitrogens with zero attached hydrogens (tertiary/aromatic N) is 4. The van der Waals surface area contributed by atoms with Crippen LogP contribution in [-0.4, -0.2) is 51.5 Å². The summed E-state index contributed by atoms with van der Waals surface area (Å²) in [7, 11) is 0. The van der Waals surface area contributed by atoms with Crippen LogP contribution in [0.5, 0.6) is 5.75 Å². The lowest BCUT2D eigenvalue weighted by molar-refractivity contribution is -0.274. The number of carbonyl (C=O) groups excluding carboxylic acids is 1. The number of hydrogen-bond donors (Lipinski definition) is 2. The zero-order valence-electron chi connectivity index (χ0n) is 17.2. The number of benzene rings is 1. The number of ether oxygens (including phenoxy) is 1. The number of hydrogen-bond acceptors (Lipinski definition) is 7. The van der Waals surface area contributed by atoms with Crippen LogP contribution in [0.4, 0.5) is 24.7 Å². The average molecular weight is 514 g/mol. The lowest BCUT2D eigenvalue weighted by Gasteiger charge is -2.21. The predicted molar refractivity (Wildman–Crippen MR) is 119 cm³/mol. The number of aliphatic hydroxyl groups is 1. The van der Waals surface area contributed by atoms with E-state index in [1.165, 1.54) is 12.5 Å². The van der Waals surface area contributed by atoms with Gasteiger partial charge in [-0.05, 0) is 12.5 Å². The summed E-state index contributed by atoms with van der Waals surface area (Å²) < 4.78 is 41.2. The molecule has 1 aromatic carbocycles. The van der Waals surface area contributed by atoms with Gasteiger partial charge in [-0.15, -0.1) is 13.2 Å². The van der Waals surface area contributed by atoms with Crippen LogP contribution in [0.15, 0.2) is 43.1 Å². The molecule has 4 rings (SSSR count). The van der Waals surface area contributed by atoms with Gasteiger partial charge >= 0.3 is 6.36 Å². The van der Waals surface area contributed by atoms with Crippen molar-refractivity contribution in [3.8, 4) is 16.9 Å². The second-order valence-corrected chi connectivity index (χ2v) is 8.19.